The van der Waals surface area contributed by atoms with Gasteiger partial charge in [-0.3, -0.25) is 0 Å². The van der Waals surface area contributed by atoms with Crippen LogP contribution < -0.4 is 5.73 Å². The van der Waals surface area contributed by atoms with Crippen molar-refractivity contribution in [3.63, 3.8) is 0 Å². The highest BCUT2D eigenvalue weighted by Gasteiger charge is 2.31. The summed E-state index contributed by atoms with van der Waals surface area (Å²) in [5.74, 6) is 0. The summed E-state index contributed by atoms with van der Waals surface area (Å²) in [6.07, 6.45) is -2.05. The minimum absolute atomic E-state index is 0.278. The normalized spacial score (nSPS) is 14.9. The quantitative estimate of drug-likeness (QED) is 0.656. The van der Waals surface area contributed by atoms with Crippen molar-refractivity contribution in [2.24, 2.45) is 11.1 Å². The van der Waals surface area contributed by atoms with Gasteiger partial charge < -0.3 is 5.73 Å². The van der Waals surface area contributed by atoms with Crippen LogP contribution in [-0.2, 0) is 0 Å². The number of nitrogens with two attached hydrogens (primary N) is 1. The van der Waals surface area contributed by atoms with E-state index in [9.17, 15) is 8.78 Å². The van der Waals surface area contributed by atoms with Crippen molar-refractivity contribution in [3.05, 3.63) is 12.2 Å². The lowest BCUT2D eigenvalue weighted by atomic mass is 9.84. The van der Waals surface area contributed by atoms with Crippen LogP contribution >= 0.6 is 0 Å². The van der Waals surface area contributed by atoms with Gasteiger partial charge in [0, 0.05) is 11.5 Å². The molecule has 0 heterocycles. The lowest BCUT2D eigenvalue weighted by molar-refractivity contribution is 0.0117. The Morgan fingerprint density at radius 1 is 1.50 bits per heavy atom. The Balaban J connectivity index is 4.15. The predicted molar refractivity (Wildman–Crippen MR) is 47.2 cm³/mol. The van der Waals surface area contributed by atoms with Gasteiger partial charge in [0.1, 0.15) is 0 Å². The summed E-state index contributed by atoms with van der Waals surface area (Å²) in [7, 11) is 0. The predicted octanol–water partition coefficient (Wildman–Crippen LogP) is 2.57. The highest BCUT2D eigenvalue weighted by molar-refractivity contribution is 5.01. The van der Waals surface area contributed by atoms with Gasteiger partial charge in [-0.15, -0.1) is 0 Å². The SMILES string of the molecule is C=C(C)C(N)CC(C)(C)C(F)F. The molecule has 0 aromatic carbocycles. The van der Waals surface area contributed by atoms with E-state index in [1.54, 1.807) is 6.92 Å². The van der Waals surface area contributed by atoms with E-state index in [0.717, 1.165) is 5.57 Å². The first-order valence-corrected chi connectivity index (χ1v) is 3.96. The molecule has 0 spiro atoms. The zero-order valence-corrected chi connectivity index (χ0v) is 7.90. The fourth-order valence-corrected chi connectivity index (χ4v) is 0.830. The Bertz CT molecular complexity index is 164. The summed E-state index contributed by atoms with van der Waals surface area (Å²) < 4.78 is 24.7. The van der Waals surface area contributed by atoms with E-state index in [0.29, 0.717) is 0 Å². The van der Waals surface area contributed by atoms with Crippen LogP contribution in [0.2, 0.25) is 0 Å². The molecule has 2 N–H and O–H groups in total. The third-order valence-corrected chi connectivity index (χ3v) is 1.97. The lowest BCUT2D eigenvalue weighted by Crippen LogP contribution is -2.32. The second-order valence-electron chi connectivity index (χ2n) is 3.95. The molecule has 0 aromatic rings. The van der Waals surface area contributed by atoms with Crippen molar-refractivity contribution in [1.29, 1.82) is 0 Å². The molecule has 0 amide bonds. The second kappa shape index (κ2) is 3.99. The van der Waals surface area contributed by atoms with Crippen LogP contribution in [0.4, 0.5) is 8.78 Å². The summed E-state index contributed by atoms with van der Waals surface area (Å²) in [6, 6.07) is -0.325. The van der Waals surface area contributed by atoms with Crippen molar-refractivity contribution in [1.82, 2.24) is 0 Å². The standard InChI is InChI=1S/C9H17F2N/c1-6(2)7(12)5-9(3,4)8(10)11/h7-8H,1,5,12H2,2-4H3. The third kappa shape index (κ3) is 3.30. The van der Waals surface area contributed by atoms with Crippen LogP contribution in [0.5, 0.6) is 0 Å². The molecule has 12 heavy (non-hydrogen) atoms. The zero-order valence-electron chi connectivity index (χ0n) is 7.90. The number of halogens is 2. The van der Waals surface area contributed by atoms with Crippen molar-refractivity contribution < 1.29 is 8.78 Å². The molecule has 0 aliphatic heterocycles. The molecule has 0 aliphatic carbocycles. The van der Waals surface area contributed by atoms with Gasteiger partial charge in [0.05, 0.1) is 0 Å². The van der Waals surface area contributed by atoms with Gasteiger partial charge in [0.15, 0.2) is 0 Å². The summed E-state index contributed by atoms with van der Waals surface area (Å²) >= 11 is 0. The zero-order chi connectivity index (χ0) is 9.94. The highest BCUT2D eigenvalue weighted by Crippen LogP contribution is 2.30. The molecule has 0 aromatic heterocycles. The molecule has 72 valence electrons. The fraction of sp³-hybridized carbons (Fsp3) is 0.778. The van der Waals surface area contributed by atoms with Gasteiger partial charge in [0.25, 0.3) is 0 Å². The minimum Gasteiger partial charge on any atom is -0.324 e. The molecule has 1 atom stereocenters. The van der Waals surface area contributed by atoms with Gasteiger partial charge in [-0.25, -0.2) is 8.78 Å². The molecule has 1 nitrogen and oxygen atoms in total. The van der Waals surface area contributed by atoms with E-state index < -0.39 is 11.8 Å². The second-order valence-corrected chi connectivity index (χ2v) is 3.95. The molecular weight excluding hydrogens is 160 g/mol. The smallest absolute Gasteiger partial charge is 0.243 e. The molecule has 0 saturated carbocycles. The Morgan fingerprint density at radius 3 is 2.17 bits per heavy atom. The van der Waals surface area contributed by atoms with E-state index in [1.165, 1.54) is 13.8 Å². The highest BCUT2D eigenvalue weighted by atomic mass is 19.3. The van der Waals surface area contributed by atoms with Crippen LogP contribution in [0.25, 0.3) is 0 Å². The molecule has 3 heteroatoms. The first-order chi connectivity index (χ1) is 5.27. The van der Waals surface area contributed by atoms with Gasteiger partial charge in [0.2, 0.25) is 6.43 Å². The maximum atomic E-state index is 12.4. The topological polar surface area (TPSA) is 26.0 Å². The lowest BCUT2D eigenvalue weighted by Gasteiger charge is -2.27. The molecule has 0 fully saturated rings. The van der Waals surface area contributed by atoms with Crippen molar-refractivity contribution in [3.8, 4) is 0 Å². The van der Waals surface area contributed by atoms with Crippen molar-refractivity contribution in [2.75, 3.05) is 0 Å². The fourth-order valence-electron chi connectivity index (χ4n) is 0.830. The Morgan fingerprint density at radius 2 is 1.92 bits per heavy atom. The van der Waals surface area contributed by atoms with Gasteiger partial charge >= 0.3 is 0 Å². The minimum atomic E-state index is -2.33. The summed E-state index contributed by atoms with van der Waals surface area (Å²) in [5, 5.41) is 0. The molecule has 0 saturated heterocycles. The van der Waals surface area contributed by atoms with Crippen LogP contribution in [0.15, 0.2) is 12.2 Å². The molecule has 0 bridgehead atoms. The number of hydrogen-bond acceptors (Lipinski definition) is 1. The number of alkyl halides is 2. The maximum Gasteiger partial charge on any atom is 0.243 e. The van der Waals surface area contributed by atoms with Gasteiger partial charge in [-0.2, -0.15) is 0 Å². The van der Waals surface area contributed by atoms with Gasteiger partial charge in [-0.05, 0) is 13.3 Å². The first-order valence-electron chi connectivity index (χ1n) is 3.96. The van der Waals surface area contributed by atoms with Crippen LogP contribution in [-0.4, -0.2) is 12.5 Å². The first kappa shape index (κ1) is 11.6. The van der Waals surface area contributed by atoms with Crippen molar-refractivity contribution >= 4 is 0 Å². The van der Waals surface area contributed by atoms with Crippen LogP contribution in [0.3, 0.4) is 0 Å². The largest absolute Gasteiger partial charge is 0.324 e. The van der Waals surface area contributed by atoms with E-state index in [4.69, 9.17) is 5.73 Å². The summed E-state index contributed by atoms with van der Waals surface area (Å²) in [5.41, 5.74) is 5.35. The monoisotopic (exact) mass is 177 g/mol. The Kier molecular flexibility index (Phi) is 3.84. The summed E-state index contributed by atoms with van der Waals surface area (Å²) in [6.45, 7) is 8.41. The Labute approximate surface area is 72.6 Å². The van der Waals surface area contributed by atoms with E-state index in [-0.39, 0.29) is 12.5 Å². The summed E-state index contributed by atoms with van der Waals surface area (Å²) in [4.78, 5) is 0. The molecule has 1 unspecified atom stereocenters. The van der Waals surface area contributed by atoms with Crippen LogP contribution in [0.1, 0.15) is 27.2 Å². The maximum absolute atomic E-state index is 12.4. The van der Waals surface area contributed by atoms with E-state index in [1.807, 2.05) is 0 Å². The van der Waals surface area contributed by atoms with Gasteiger partial charge in [-0.1, -0.05) is 26.0 Å². The average molecular weight is 177 g/mol. The molecular formula is C9H17F2N. The molecule has 0 radical (unpaired) electrons. The molecule has 0 rings (SSSR count). The number of rotatable bonds is 4. The van der Waals surface area contributed by atoms with E-state index >= 15 is 0 Å². The molecule has 0 aliphatic rings. The third-order valence-electron chi connectivity index (χ3n) is 1.97. The number of hydrogen-bond donors (Lipinski definition) is 1. The van der Waals surface area contributed by atoms with Crippen LogP contribution in [0, 0.1) is 5.41 Å². The van der Waals surface area contributed by atoms with E-state index in [2.05, 4.69) is 6.58 Å². The average Bonchev–Trinajstić information content (AvgIpc) is 1.85. The Hall–Kier alpha value is -0.440. The van der Waals surface area contributed by atoms with Crippen molar-refractivity contribution in [2.45, 2.75) is 39.7 Å².